The minimum absolute atomic E-state index is 0.0368. The predicted octanol–water partition coefficient (Wildman–Crippen LogP) is 5.65. The maximum absolute atomic E-state index is 10.6. The van der Waals surface area contributed by atoms with Crippen LogP contribution in [-0.2, 0) is 6.54 Å². The van der Waals surface area contributed by atoms with Crippen molar-refractivity contribution in [2.24, 2.45) is 10.2 Å². The van der Waals surface area contributed by atoms with Crippen molar-refractivity contribution in [3.05, 3.63) is 94.5 Å². The topological polar surface area (TPSA) is 71.1 Å². The number of nitro groups is 1. The van der Waals surface area contributed by atoms with Crippen LogP contribution in [0.15, 0.2) is 89.1 Å². The van der Waals surface area contributed by atoms with Crippen molar-refractivity contribution in [2.45, 2.75) is 6.54 Å². The maximum atomic E-state index is 10.6. The van der Waals surface area contributed by atoms with Crippen LogP contribution >= 0.6 is 0 Å². The van der Waals surface area contributed by atoms with Gasteiger partial charge in [-0.3, -0.25) is 10.1 Å². The fourth-order valence-electron chi connectivity index (χ4n) is 2.48. The van der Waals surface area contributed by atoms with E-state index in [1.165, 1.54) is 17.7 Å². The van der Waals surface area contributed by atoms with Crippen LogP contribution < -0.4 is 4.90 Å². The zero-order chi connectivity index (χ0) is 18.4. The molecule has 3 aromatic rings. The molecule has 6 heteroatoms. The van der Waals surface area contributed by atoms with Gasteiger partial charge in [0.2, 0.25) is 0 Å². The lowest BCUT2D eigenvalue weighted by atomic mass is 10.2. The summed E-state index contributed by atoms with van der Waals surface area (Å²) >= 11 is 0. The first-order chi connectivity index (χ1) is 12.6. The molecule has 0 aliphatic heterocycles. The minimum atomic E-state index is -0.439. The van der Waals surface area contributed by atoms with E-state index in [0.717, 1.165) is 17.9 Å². The van der Waals surface area contributed by atoms with Crippen LogP contribution in [0.4, 0.5) is 22.7 Å². The van der Waals surface area contributed by atoms with Gasteiger partial charge >= 0.3 is 0 Å². The van der Waals surface area contributed by atoms with Gasteiger partial charge in [0.25, 0.3) is 5.69 Å². The molecule has 0 spiro atoms. The number of hydrogen-bond acceptors (Lipinski definition) is 5. The van der Waals surface area contributed by atoms with Crippen LogP contribution in [0.25, 0.3) is 0 Å². The molecule has 0 N–H and O–H groups in total. The van der Waals surface area contributed by atoms with E-state index in [4.69, 9.17) is 0 Å². The Morgan fingerprint density at radius 3 is 1.92 bits per heavy atom. The quantitative estimate of drug-likeness (QED) is 0.329. The Balaban J connectivity index is 1.64. The Labute approximate surface area is 151 Å². The predicted molar refractivity (Wildman–Crippen MR) is 102 cm³/mol. The highest BCUT2D eigenvalue weighted by Crippen LogP contribution is 2.23. The summed E-state index contributed by atoms with van der Waals surface area (Å²) in [7, 11) is 2.04. The van der Waals surface area contributed by atoms with Crippen molar-refractivity contribution in [1.82, 2.24) is 0 Å². The van der Waals surface area contributed by atoms with Crippen molar-refractivity contribution < 1.29 is 4.92 Å². The summed E-state index contributed by atoms with van der Waals surface area (Å²) in [5, 5.41) is 18.9. The number of benzene rings is 3. The van der Waals surface area contributed by atoms with Crippen LogP contribution in [-0.4, -0.2) is 12.0 Å². The summed E-state index contributed by atoms with van der Waals surface area (Å²) in [5.41, 5.74) is 3.66. The molecule has 0 saturated heterocycles. The number of hydrogen-bond donors (Lipinski definition) is 0. The van der Waals surface area contributed by atoms with E-state index < -0.39 is 4.92 Å². The van der Waals surface area contributed by atoms with Crippen LogP contribution in [0, 0.1) is 10.1 Å². The molecule has 26 heavy (non-hydrogen) atoms. The molecule has 0 aliphatic carbocycles. The second-order valence-corrected chi connectivity index (χ2v) is 5.83. The van der Waals surface area contributed by atoms with Gasteiger partial charge in [0.1, 0.15) is 0 Å². The molecular formula is C20H18N4O2. The van der Waals surface area contributed by atoms with Crippen molar-refractivity contribution in [2.75, 3.05) is 11.9 Å². The van der Waals surface area contributed by atoms with Crippen molar-refractivity contribution >= 4 is 22.7 Å². The van der Waals surface area contributed by atoms with Gasteiger partial charge in [-0.05, 0) is 42.0 Å². The fraction of sp³-hybridized carbons (Fsp3) is 0.100. The molecule has 3 rings (SSSR count). The van der Waals surface area contributed by atoms with Crippen LogP contribution in [0.2, 0.25) is 0 Å². The monoisotopic (exact) mass is 346 g/mol. The highest BCUT2D eigenvalue weighted by atomic mass is 16.6. The smallest absolute Gasteiger partial charge is 0.269 e. The van der Waals surface area contributed by atoms with Crippen molar-refractivity contribution in [1.29, 1.82) is 0 Å². The fourth-order valence-corrected chi connectivity index (χ4v) is 2.48. The average Bonchev–Trinajstić information content (AvgIpc) is 2.68. The normalized spacial score (nSPS) is 10.8. The number of non-ortho nitro benzene ring substituents is 1. The van der Waals surface area contributed by atoms with Gasteiger partial charge in [0.15, 0.2) is 0 Å². The van der Waals surface area contributed by atoms with E-state index in [-0.39, 0.29) is 5.69 Å². The summed E-state index contributed by atoms with van der Waals surface area (Å²) in [6.45, 7) is 0.824. The van der Waals surface area contributed by atoms with E-state index in [1.54, 1.807) is 12.1 Å². The summed E-state index contributed by atoms with van der Waals surface area (Å²) in [6.07, 6.45) is 0. The molecule has 0 unspecified atom stereocenters. The van der Waals surface area contributed by atoms with Gasteiger partial charge in [-0.1, -0.05) is 30.3 Å². The molecule has 3 aromatic carbocycles. The van der Waals surface area contributed by atoms with Gasteiger partial charge in [0, 0.05) is 31.4 Å². The molecule has 0 bridgehead atoms. The van der Waals surface area contributed by atoms with Crippen LogP contribution in [0.5, 0.6) is 0 Å². The number of nitro benzene ring substituents is 1. The van der Waals surface area contributed by atoms with Gasteiger partial charge in [0.05, 0.1) is 16.3 Å². The highest BCUT2D eigenvalue weighted by molar-refractivity contribution is 5.53. The first kappa shape index (κ1) is 17.3. The number of nitrogens with zero attached hydrogens (tertiary/aromatic N) is 4. The van der Waals surface area contributed by atoms with Crippen LogP contribution in [0.1, 0.15) is 5.56 Å². The van der Waals surface area contributed by atoms with Crippen LogP contribution in [0.3, 0.4) is 0 Å². The molecule has 0 saturated carbocycles. The van der Waals surface area contributed by atoms with E-state index in [2.05, 4.69) is 27.3 Å². The van der Waals surface area contributed by atoms with Gasteiger partial charge in [-0.15, -0.1) is 0 Å². The molecule has 130 valence electrons. The Bertz CT molecular complexity index is 891. The van der Waals surface area contributed by atoms with Gasteiger partial charge in [-0.2, -0.15) is 10.2 Å². The molecule has 0 fully saturated rings. The van der Waals surface area contributed by atoms with E-state index >= 15 is 0 Å². The second kappa shape index (κ2) is 8.02. The first-order valence-corrected chi connectivity index (χ1v) is 8.13. The molecule has 0 amide bonds. The lowest BCUT2D eigenvalue weighted by Gasteiger charge is -2.19. The number of anilines is 1. The van der Waals surface area contributed by atoms with Crippen molar-refractivity contribution in [3.63, 3.8) is 0 Å². The molecule has 0 aliphatic rings. The third-order valence-electron chi connectivity index (χ3n) is 3.89. The van der Waals surface area contributed by atoms with Gasteiger partial charge < -0.3 is 4.90 Å². The highest BCUT2D eigenvalue weighted by Gasteiger charge is 2.04. The number of rotatable bonds is 6. The first-order valence-electron chi connectivity index (χ1n) is 8.13. The Hall–Kier alpha value is -3.54. The van der Waals surface area contributed by atoms with E-state index in [1.807, 2.05) is 49.5 Å². The molecule has 0 radical (unpaired) electrons. The molecule has 0 heterocycles. The Morgan fingerprint density at radius 2 is 1.38 bits per heavy atom. The third kappa shape index (κ3) is 4.51. The van der Waals surface area contributed by atoms with Crippen molar-refractivity contribution in [3.8, 4) is 0 Å². The summed E-state index contributed by atoms with van der Waals surface area (Å²) in [5.74, 6) is 0. The standard InChI is InChI=1S/C20H18N4O2/c1-23(15-16-5-3-2-4-6-16)19-11-7-17(8-12-19)21-22-18-9-13-20(14-10-18)24(25)26/h2-14H,15H2,1H3. The van der Waals surface area contributed by atoms with E-state index in [9.17, 15) is 10.1 Å². The third-order valence-corrected chi connectivity index (χ3v) is 3.89. The van der Waals surface area contributed by atoms with Gasteiger partial charge in [-0.25, -0.2) is 0 Å². The largest absolute Gasteiger partial charge is 0.370 e. The lowest BCUT2D eigenvalue weighted by molar-refractivity contribution is -0.384. The lowest BCUT2D eigenvalue weighted by Crippen LogP contribution is -2.15. The summed E-state index contributed by atoms with van der Waals surface area (Å²) in [4.78, 5) is 12.4. The maximum Gasteiger partial charge on any atom is 0.269 e. The summed E-state index contributed by atoms with van der Waals surface area (Å²) in [6, 6.07) is 24.0. The molecule has 0 aromatic heterocycles. The molecular weight excluding hydrogens is 328 g/mol. The molecule has 6 nitrogen and oxygen atoms in total. The Morgan fingerprint density at radius 1 is 0.846 bits per heavy atom. The zero-order valence-corrected chi connectivity index (χ0v) is 14.3. The SMILES string of the molecule is CN(Cc1ccccc1)c1ccc(N=Nc2ccc([N+](=O)[O-])cc2)cc1. The number of azo groups is 1. The average molecular weight is 346 g/mol. The molecule has 0 atom stereocenters. The zero-order valence-electron chi connectivity index (χ0n) is 14.3. The summed E-state index contributed by atoms with van der Waals surface area (Å²) < 4.78 is 0. The van der Waals surface area contributed by atoms with E-state index in [0.29, 0.717) is 5.69 Å². The minimum Gasteiger partial charge on any atom is -0.370 e. The Kier molecular flexibility index (Phi) is 5.34. The second-order valence-electron chi connectivity index (χ2n) is 5.83.